The molecule has 29 heavy (non-hydrogen) atoms. The highest BCUT2D eigenvalue weighted by atomic mass is 16.5. The molecular weight excluding hydrogens is 374 g/mol. The SMILES string of the molecule is COCCN1Cc2cccc(Nc3c(NCC4=CCC(C)O4)c(=O)c3=O)c2C1=O. The van der Waals surface area contributed by atoms with Crippen molar-refractivity contribution in [2.75, 3.05) is 37.4 Å². The van der Waals surface area contributed by atoms with E-state index in [-0.39, 0.29) is 23.4 Å². The third-order valence-electron chi connectivity index (χ3n) is 5.22. The van der Waals surface area contributed by atoms with Gasteiger partial charge in [0.2, 0.25) is 0 Å². The van der Waals surface area contributed by atoms with E-state index in [4.69, 9.17) is 9.47 Å². The fourth-order valence-electron chi connectivity index (χ4n) is 3.66. The summed E-state index contributed by atoms with van der Waals surface area (Å²) in [7, 11) is 1.59. The van der Waals surface area contributed by atoms with Crippen LogP contribution in [0.2, 0.25) is 0 Å². The van der Waals surface area contributed by atoms with Gasteiger partial charge >= 0.3 is 0 Å². The van der Waals surface area contributed by atoms with Gasteiger partial charge in [-0.25, -0.2) is 0 Å². The van der Waals surface area contributed by atoms with Crippen molar-refractivity contribution in [2.45, 2.75) is 26.0 Å². The lowest BCUT2D eigenvalue weighted by atomic mass is 10.1. The van der Waals surface area contributed by atoms with E-state index in [9.17, 15) is 14.4 Å². The smallest absolute Gasteiger partial charge is 0.256 e. The number of amides is 1. The van der Waals surface area contributed by atoms with Crippen molar-refractivity contribution in [1.29, 1.82) is 0 Å². The molecule has 2 heterocycles. The van der Waals surface area contributed by atoms with Gasteiger partial charge in [-0.05, 0) is 24.6 Å². The molecule has 0 fully saturated rings. The van der Waals surface area contributed by atoms with Gasteiger partial charge in [0.1, 0.15) is 17.1 Å². The Balaban J connectivity index is 1.53. The summed E-state index contributed by atoms with van der Waals surface area (Å²) in [5.74, 6) is 0.632. The molecule has 0 bridgehead atoms. The molecule has 1 atom stereocenters. The maximum Gasteiger partial charge on any atom is 0.256 e. The standard InChI is InChI=1S/C21H23N3O5/c1-12-6-7-14(29-12)10-22-17-18(20(26)19(17)25)23-15-5-3-4-13-11-24(8-9-28-2)21(27)16(13)15/h3-5,7,12,22-23H,6,8-11H2,1-2H3. The van der Waals surface area contributed by atoms with Crippen LogP contribution in [0.3, 0.4) is 0 Å². The molecule has 2 aliphatic heterocycles. The topological polar surface area (TPSA) is 97.0 Å². The van der Waals surface area contributed by atoms with Gasteiger partial charge in [0.05, 0.1) is 30.5 Å². The maximum absolute atomic E-state index is 12.8. The summed E-state index contributed by atoms with van der Waals surface area (Å²) in [6.45, 7) is 3.74. The van der Waals surface area contributed by atoms with Gasteiger partial charge in [-0.15, -0.1) is 0 Å². The van der Waals surface area contributed by atoms with Crippen LogP contribution in [0, 0.1) is 0 Å². The Kier molecular flexibility index (Phi) is 5.10. The first-order valence-corrected chi connectivity index (χ1v) is 9.59. The second-order valence-electron chi connectivity index (χ2n) is 7.28. The monoisotopic (exact) mass is 397 g/mol. The van der Waals surface area contributed by atoms with E-state index in [0.717, 1.165) is 17.7 Å². The normalized spacial score (nSPS) is 18.0. The van der Waals surface area contributed by atoms with Crippen molar-refractivity contribution in [3.63, 3.8) is 0 Å². The van der Waals surface area contributed by atoms with Crippen LogP contribution in [-0.4, -0.2) is 43.7 Å². The summed E-state index contributed by atoms with van der Waals surface area (Å²) in [6, 6.07) is 5.45. The third-order valence-corrected chi connectivity index (χ3v) is 5.22. The number of nitrogens with one attached hydrogen (secondary N) is 2. The van der Waals surface area contributed by atoms with Gasteiger partial charge in [-0.2, -0.15) is 0 Å². The lowest BCUT2D eigenvalue weighted by Crippen LogP contribution is -2.37. The maximum atomic E-state index is 12.8. The molecule has 0 saturated carbocycles. The Labute approximate surface area is 167 Å². The van der Waals surface area contributed by atoms with E-state index in [2.05, 4.69) is 10.6 Å². The fraction of sp³-hybridized carbons (Fsp3) is 0.381. The van der Waals surface area contributed by atoms with Crippen LogP contribution < -0.4 is 21.5 Å². The summed E-state index contributed by atoms with van der Waals surface area (Å²) >= 11 is 0. The van der Waals surface area contributed by atoms with Crippen molar-refractivity contribution in [2.24, 2.45) is 0 Å². The van der Waals surface area contributed by atoms with E-state index in [0.29, 0.717) is 37.5 Å². The fourth-order valence-corrected chi connectivity index (χ4v) is 3.66. The molecule has 1 unspecified atom stereocenters. The van der Waals surface area contributed by atoms with E-state index >= 15 is 0 Å². The van der Waals surface area contributed by atoms with Gasteiger partial charge in [0.15, 0.2) is 0 Å². The molecule has 0 spiro atoms. The Morgan fingerprint density at radius 1 is 1.21 bits per heavy atom. The molecule has 2 aliphatic rings. The number of rotatable bonds is 8. The van der Waals surface area contributed by atoms with Crippen molar-refractivity contribution in [3.8, 4) is 0 Å². The van der Waals surface area contributed by atoms with E-state index in [1.165, 1.54) is 0 Å². The van der Waals surface area contributed by atoms with Gasteiger partial charge in [-0.3, -0.25) is 14.4 Å². The van der Waals surface area contributed by atoms with Crippen LogP contribution in [0.4, 0.5) is 17.1 Å². The molecule has 4 rings (SSSR count). The van der Waals surface area contributed by atoms with Crippen molar-refractivity contribution in [1.82, 2.24) is 4.90 Å². The Hall–Kier alpha value is -3.13. The van der Waals surface area contributed by atoms with Crippen LogP contribution >= 0.6 is 0 Å². The third kappa shape index (κ3) is 3.51. The average molecular weight is 397 g/mol. The number of anilines is 3. The number of benzene rings is 1. The Morgan fingerprint density at radius 3 is 2.72 bits per heavy atom. The lowest BCUT2D eigenvalue weighted by Gasteiger charge is -2.17. The molecule has 2 aromatic carbocycles. The van der Waals surface area contributed by atoms with Crippen LogP contribution in [0.25, 0.3) is 0 Å². The Morgan fingerprint density at radius 2 is 2.00 bits per heavy atom. The predicted molar refractivity (Wildman–Crippen MR) is 109 cm³/mol. The first kappa shape index (κ1) is 19.2. The molecule has 152 valence electrons. The van der Waals surface area contributed by atoms with Crippen LogP contribution in [0.1, 0.15) is 29.3 Å². The number of nitrogens with zero attached hydrogens (tertiary/aromatic N) is 1. The molecule has 8 nitrogen and oxygen atoms in total. The predicted octanol–water partition coefficient (Wildman–Crippen LogP) is 1.73. The zero-order valence-corrected chi connectivity index (χ0v) is 16.4. The summed E-state index contributed by atoms with van der Waals surface area (Å²) in [5.41, 5.74) is 1.16. The number of carbonyl (C=O) groups excluding carboxylic acids is 1. The number of hydrogen-bond donors (Lipinski definition) is 2. The number of fused-ring (bicyclic) bond motifs is 1. The van der Waals surface area contributed by atoms with E-state index in [1.807, 2.05) is 25.1 Å². The highest BCUT2D eigenvalue weighted by molar-refractivity contribution is 6.04. The van der Waals surface area contributed by atoms with Gasteiger partial charge < -0.3 is 25.0 Å². The zero-order chi connectivity index (χ0) is 20.5. The molecule has 2 N–H and O–H groups in total. The molecule has 1 amide bonds. The van der Waals surface area contributed by atoms with E-state index in [1.54, 1.807) is 18.1 Å². The summed E-state index contributed by atoms with van der Waals surface area (Å²) < 4.78 is 10.7. The van der Waals surface area contributed by atoms with Crippen LogP contribution in [0.5, 0.6) is 0 Å². The number of methoxy groups -OCH3 is 1. The largest absolute Gasteiger partial charge is 0.493 e. The van der Waals surface area contributed by atoms with Crippen molar-refractivity contribution < 1.29 is 14.3 Å². The molecular formula is C21H23N3O5. The quantitative estimate of drug-likeness (QED) is 0.655. The summed E-state index contributed by atoms with van der Waals surface area (Å²) in [4.78, 5) is 38.7. The minimum absolute atomic E-state index is 0.119. The minimum Gasteiger partial charge on any atom is -0.493 e. The van der Waals surface area contributed by atoms with E-state index < -0.39 is 10.9 Å². The molecule has 0 saturated heterocycles. The molecule has 0 aromatic heterocycles. The molecule has 2 aromatic rings. The molecule has 0 radical (unpaired) electrons. The zero-order valence-electron chi connectivity index (χ0n) is 16.4. The lowest BCUT2D eigenvalue weighted by molar-refractivity contribution is 0.0720. The number of carbonyl (C=O) groups is 1. The van der Waals surface area contributed by atoms with Gasteiger partial charge in [0, 0.05) is 26.6 Å². The number of hydrogen-bond acceptors (Lipinski definition) is 7. The van der Waals surface area contributed by atoms with Gasteiger partial charge in [0.25, 0.3) is 16.8 Å². The Bertz CT molecular complexity index is 1050. The first-order valence-electron chi connectivity index (χ1n) is 9.59. The second-order valence-corrected chi connectivity index (χ2v) is 7.28. The number of ether oxygens (including phenoxy) is 2. The molecule has 0 aliphatic carbocycles. The second kappa shape index (κ2) is 7.71. The average Bonchev–Trinajstić information content (AvgIpc) is 3.28. The van der Waals surface area contributed by atoms with Crippen molar-refractivity contribution >= 4 is 23.0 Å². The van der Waals surface area contributed by atoms with Crippen LogP contribution in [0.15, 0.2) is 39.6 Å². The summed E-state index contributed by atoms with van der Waals surface area (Å²) in [6.07, 6.45) is 2.91. The molecule has 8 heteroatoms. The highest BCUT2D eigenvalue weighted by Crippen LogP contribution is 2.32. The minimum atomic E-state index is -0.596. The van der Waals surface area contributed by atoms with Crippen LogP contribution in [-0.2, 0) is 16.0 Å². The highest BCUT2D eigenvalue weighted by Gasteiger charge is 2.31. The van der Waals surface area contributed by atoms with Gasteiger partial charge in [-0.1, -0.05) is 12.1 Å². The summed E-state index contributed by atoms with van der Waals surface area (Å²) in [5, 5.41) is 6.00. The first-order chi connectivity index (χ1) is 14.0. The van der Waals surface area contributed by atoms with Crippen molar-refractivity contribution in [3.05, 3.63) is 61.6 Å².